The van der Waals surface area contributed by atoms with E-state index in [0.29, 0.717) is 22.9 Å². The Labute approximate surface area is 214 Å². The van der Waals surface area contributed by atoms with E-state index in [0.717, 1.165) is 36.8 Å². The molecule has 1 aliphatic carbocycles. The minimum absolute atomic E-state index is 0.0258. The number of guanidine groups is 1. The van der Waals surface area contributed by atoms with E-state index in [1.54, 1.807) is 36.4 Å². The number of ether oxygens (including phenoxy) is 2. The minimum Gasteiger partial charge on any atom is -0.481 e. The van der Waals surface area contributed by atoms with Crippen molar-refractivity contribution in [2.24, 2.45) is 16.5 Å². The van der Waals surface area contributed by atoms with Gasteiger partial charge in [0.1, 0.15) is 5.75 Å². The van der Waals surface area contributed by atoms with Gasteiger partial charge in [-0.3, -0.25) is 4.79 Å². The molecule has 10 nitrogen and oxygen atoms in total. The lowest BCUT2D eigenvalue weighted by atomic mass is 9.78. The lowest BCUT2D eigenvalue weighted by Crippen LogP contribution is -2.40. The Morgan fingerprint density at radius 1 is 0.973 bits per heavy atom. The maximum absolute atomic E-state index is 12.8. The zero-order valence-corrected chi connectivity index (χ0v) is 20.4. The van der Waals surface area contributed by atoms with Gasteiger partial charge in [-0.2, -0.15) is 0 Å². The molecule has 6 N–H and O–H groups in total. The minimum atomic E-state index is -1.79. The van der Waals surface area contributed by atoms with Crippen LogP contribution >= 0.6 is 0 Å². The van der Waals surface area contributed by atoms with E-state index in [1.165, 1.54) is 6.42 Å². The average molecular weight is 510 g/mol. The van der Waals surface area contributed by atoms with E-state index in [1.807, 2.05) is 6.07 Å². The summed E-state index contributed by atoms with van der Waals surface area (Å²) in [6.07, 6.45) is 4.82. The molecule has 2 fully saturated rings. The van der Waals surface area contributed by atoms with Crippen LogP contribution in [0.1, 0.15) is 78.3 Å². The van der Waals surface area contributed by atoms with E-state index < -0.39 is 29.9 Å². The third kappa shape index (κ3) is 6.08. The topological polar surface area (TPSA) is 175 Å². The van der Waals surface area contributed by atoms with Crippen molar-refractivity contribution in [2.75, 3.05) is 6.61 Å². The molecule has 2 atom stereocenters. The van der Waals surface area contributed by atoms with Crippen LogP contribution in [-0.4, -0.2) is 46.3 Å². The summed E-state index contributed by atoms with van der Waals surface area (Å²) < 4.78 is 11.3. The Morgan fingerprint density at radius 2 is 1.68 bits per heavy atom. The van der Waals surface area contributed by atoms with Crippen LogP contribution in [0.3, 0.4) is 0 Å². The summed E-state index contributed by atoms with van der Waals surface area (Å²) in [4.78, 5) is 40.1. The molecular weight excluding hydrogens is 478 g/mol. The molecule has 2 aliphatic rings. The Balaban J connectivity index is 1.61. The first kappa shape index (κ1) is 26.2. The van der Waals surface area contributed by atoms with Gasteiger partial charge in [0.2, 0.25) is 0 Å². The molecule has 0 aromatic heterocycles. The van der Waals surface area contributed by atoms with Crippen molar-refractivity contribution in [1.29, 1.82) is 0 Å². The first-order chi connectivity index (χ1) is 17.7. The van der Waals surface area contributed by atoms with Crippen molar-refractivity contribution in [3.05, 3.63) is 59.2 Å². The summed E-state index contributed by atoms with van der Waals surface area (Å²) in [5.74, 6) is -2.90. The Hall–Kier alpha value is -3.92. The Morgan fingerprint density at radius 3 is 2.30 bits per heavy atom. The number of carboxylic acid groups (broad SMARTS) is 2. The fraction of sp³-hybridized carbons (Fsp3) is 0.407. The van der Waals surface area contributed by atoms with Gasteiger partial charge in [-0.15, -0.1) is 0 Å². The number of nitrogens with zero attached hydrogens (tertiary/aromatic N) is 1. The molecule has 2 aromatic rings. The van der Waals surface area contributed by atoms with Gasteiger partial charge < -0.3 is 31.2 Å². The molecule has 1 heterocycles. The highest BCUT2D eigenvalue weighted by molar-refractivity contribution is 5.91. The van der Waals surface area contributed by atoms with E-state index >= 15 is 0 Å². The summed E-state index contributed by atoms with van der Waals surface area (Å²) in [5, 5.41) is 19.1. The predicted molar refractivity (Wildman–Crippen MR) is 135 cm³/mol. The predicted octanol–water partition coefficient (Wildman–Crippen LogP) is 3.66. The molecule has 2 aromatic carbocycles. The molecule has 0 amide bonds. The first-order valence-corrected chi connectivity index (χ1v) is 12.3. The number of nitrogens with two attached hydrogens (primary N) is 2. The second-order valence-corrected chi connectivity index (χ2v) is 9.68. The number of esters is 1. The largest absolute Gasteiger partial charge is 0.481 e. The van der Waals surface area contributed by atoms with Crippen LogP contribution in [0, 0.1) is 0 Å². The second-order valence-electron chi connectivity index (χ2n) is 9.68. The summed E-state index contributed by atoms with van der Waals surface area (Å²) in [6, 6.07) is 11.8. The molecule has 0 radical (unpaired) electrons. The van der Waals surface area contributed by atoms with Crippen LogP contribution in [0.15, 0.2) is 47.5 Å². The molecule has 1 saturated carbocycles. The highest BCUT2D eigenvalue weighted by Crippen LogP contribution is 2.45. The summed E-state index contributed by atoms with van der Waals surface area (Å²) in [7, 11) is 0. The maximum atomic E-state index is 12.8. The highest BCUT2D eigenvalue weighted by atomic mass is 16.5. The molecule has 4 rings (SSSR count). The van der Waals surface area contributed by atoms with Crippen LogP contribution in [-0.2, 0) is 14.3 Å². The first-order valence-electron chi connectivity index (χ1n) is 12.3. The lowest BCUT2D eigenvalue weighted by molar-refractivity contribution is -0.166. The van der Waals surface area contributed by atoms with Gasteiger partial charge in [0.15, 0.2) is 11.6 Å². The molecule has 196 valence electrons. The number of carbonyl (C=O) groups excluding carboxylic acids is 1. The van der Waals surface area contributed by atoms with Crippen molar-refractivity contribution in [3.8, 4) is 5.75 Å². The molecular formula is C27H31N3O7. The zero-order valence-electron chi connectivity index (χ0n) is 20.4. The van der Waals surface area contributed by atoms with Gasteiger partial charge in [0.25, 0.3) is 0 Å². The average Bonchev–Trinajstić information content (AvgIpc) is 3.29. The fourth-order valence-corrected chi connectivity index (χ4v) is 5.31. The van der Waals surface area contributed by atoms with Gasteiger partial charge in [0, 0.05) is 5.92 Å². The lowest BCUT2D eigenvalue weighted by Gasteiger charge is -2.27. The summed E-state index contributed by atoms with van der Waals surface area (Å²) >= 11 is 0. The second kappa shape index (κ2) is 11.0. The van der Waals surface area contributed by atoms with Gasteiger partial charge in [-0.1, -0.05) is 25.3 Å². The smallest absolute Gasteiger partial charge is 0.343 e. The van der Waals surface area contributed by atoms with E-state index in [4.69, 9.17) is 20.9 Å². The van der Waals surface area contributed by atoms with Crippen LogP contribution in [0.4, 0.5) is 5.69 Å². The molecule has 1 aliphatic heterocycles. The molecule has 0 bridgehead atoms. The van der Waals surface area contributed by atoms with Crippen molar-refractivity contribution < 1.29 is 34.1 Å². The summed E-state index contributed by atoms with van der Waals surface area (Å²) in [6.45, 7) is 0.0724. The van der Waals surface area contributed by atoms with Crippen LogP contribution in [0.2, 0.25) is 0 Å². The number of benzene rings is 2. The van der Waals surface area contributed by atoms with Crippen molar-refractivity contribution >= 4 is 29.6 Å². The van der Waals surface area contributed by atoms with Crippen LogP contribution in [0.5, 0.6) is 5.75 Å². The van der Waals surface area contributed by atoms with Gasteiger partial charge in [-0.25, -0.2) is 14.6 Å². The maximum Gasteiger partial charge on any atom is 0.343 e. The van der Waals surface area contributed by atoms with Gasteiger partial charge >= 0.3 is 17.9 Å². The standard InChI is InChI=1S/C27H31N3O7/c28-26(29)30-19-8-6-17(7-9-19)24(33)37-20-10-11-21(16-4-2-1-3-5-16)22(12-20)18-13-27(25(34)35,36-15-18)14-23(31)32/h6-12,16,18H,1-5,13-15H2,(H,31,32)(H,34,35)(H4,28,29,30). The Bertz CT molecular complexity index is 1200. The van der Waals surface area contributed by atoms with Crippen molar-refractivity contribution in [3.63, 3.8) is 0 Å². The number of aliphatic imine (C=N–C) groups is 1. The normalized spacial score (nSPS) is 21.8. The molecule has 0 spiro atoms. The van der Waals surface area contributed by atoms with Crippen molar-refractivity contribution in [2.45, 2.75) is 62.4 Å². The number of carboxylic acids is 2. The van der Waals surface area contributed by atoms with Crippen LogP contribution < -0.4 is 16.2 Å². The Kier molecular flexibility index (Phi) is 7.77. The molecule has 1 saturated heterocycles. The van der Waals surface area contributed by atoms with E-state index in [-0.39, 0.29) is 24.9 Å². The third-order valence-corrected chi connectivity index (χ3v) is 7.08. The van der Waals surface area contributed by atoms with Crippen LogP contribution in [0.25, 0.3) is 0 Å². The molecule has 2 unspecified atom stereocenters. The van der Waals surface area contributed by atoms with E-state index in [9.17, 15) is 24.6 Å². The number of hydrogen-bond donors (Lipinski definition) is 4. The molecule has 37 heavy (non-hydrogen) atoms. The fourth-order valence-electron chi connectivity index (χ4n) is 5.31. The van der Waals surface area contributed by atoms with E-state index in [2.05, 4.69) is 4.99 Å². The van der Waals surface area contributed by atoms with Gasteiger partial charge in [-0.05, 0) is 72.7 Å². The number of aliphatic carboxylic acids is 2. The zero-order chi connectivity index (χ0) is 26.6. The molecule has 10 heteroatoms. The monoisotopic (exact) mass is 509 g/mol. The van der Waals surface area contributed by atoms with Crippen molar-refractivity contribution in [1.82, 2.24) is 0 Å². The summed E-state index contributed by atoms with van der Waals surface area (Å²) in [5.41, 5.74) is 11.7. The van der Waals surface area contributed by atoms with Gasteiger partial charge in [0.05, 0.1) is 24.3 Å². The SMILES string of the molecule is NC(N)=Nc1ccc(C(=O)Oc2ccc(C3CCCCC3)c(C3COC(CC(=O)O)(C(=O)O)C3)c2)cc1. The third-order valence-electron chi connectivity index (χ3n) is 7.08. The number of carbonyl (C=O) groups is 3. The quantitative estimate of drug-likeness (QED) is 0.179. The number of hydrogen-bond acceptors (Lipinski definition) is 6. The number of rotatable bonds is 8. The highest BCUT2D eigenvalue weighted by Gasteiger charge is 2.49.